The zero-order valence-electron chi connectivity index (χ0n) is 8.33. The van der Waals surface area contributed by atoms with Gasteiger partial charge in [0.05, 0.1) is 18.5 Å². The second-order valence-corrected chi connectivity index (χ2v) is 2.84. The van der Waals surface area contributed by atoms with Gasteiger partial charge in [-0.1, -0.05) is 0 Å². The molecule has 1 aromatic rings. The van der Waals surface area contributed by atoms with Crippen molar-refractivity contribution in [1.82, 2.24) is 9.97 Å². The Morgan fingerprint density at radius 1 is 1.47 bits per heavy atom. The highest BCUT2D eigenvalue weighted by atomic mass is 19.3. The normalized spacial score (nSPS) is 11.2. The molecule has 0 unspecified atom stereocenters. The van der Waals surface area contributed by atoms with E-state index < -0.39 is 17.6 Å². The molecule has 0 radical (unpaired) electrons. The summed E-state index contributed by atoms with van der Waals surface area (Å²) in [5, 5.41) is 0. The van der Waals surface area contributed by atoms with Crippen molar-refractivity contribution in [2.75, 3.05) is 6.61 Å². The third kappa shape index (κ3) is 2.45. The fourth-order valence-corrected chi connectivity index (χ4v) is 0.881. The summed E-state index contributed by atoms with van der Waals surface area (Å²) >= 11 is 0. The first-order valence-corrected chi connectivity index (χ1v) is 4.32. The Labute approximate surface area is 85.3 Å². The number of carbonyl (C=O) groups excluding carboxylic acids is 1. The van der Waals surface area contributed by atoms with Crippen LogP contribution < -0.4 is 0 Å². The van der Waals surface area contributed by atoms with Crippen LogP contribution in [0.25, 0.3) is 0 Å². The molecule has 6 heteroatoms. The molecule has 15 heavy (non-hydrogen) atoms. The molecule has 0 aromatic carbocycles. The highest BCUT2D eigenvalue weighted by Gasteiger charge is 2.44. The van der Waals surface area contributed by atoms with Gasteiger partial charge in [0.2, 0.25) is 0 Å². The number of alkyl halides is 2. The van der Waals surface area contributed by atoms with Gasteiger partial charge >= 0.3 is 11.9 Å². The minimum absolute atomic E-state index is 0.103. The molecule has 0 aliphatic heterocycles. The van der Waals surface area contributed by atoms with Gasteiger partial charge in [0, 0.05) is 6.20 Å². The molecule has 0 atom stereocenters. The molecule has 0 bridgehead atoms. The van der Waals surface area contributed by atoms with Gasteiger partial charge in [-0.05, 0) is 13.8 Å². The van der Waals surface area contributed by atoms with Crippen LogP contribution in [0.15, 0.2) is 12.4 Å². The van der Waals surface area contributed by atoms with Crippen LogP contribution in [-0.4, -0.2) is 22.5 Å². The maximum atomic E-state index is 13.3. The first kappa shape index (κ1) is 11.5. The van der Waals surface area contributed by atoms with E-state index in [0.717, 1.165) is 6.20 Å². The molecule has 82 valence electrons. The van der Waals surface area contributed by atoms with Crippen LogP contribution in [0.4, 0.5) is 8.78 Å². The molecule has 0 aliphatic rings. The topological polar surface area (TPSA) is 52.1 Å². The van der Waals surface area contributed by atoms with Crippen LogP contribution in [0.2, 0.25) is 0 Å². The second-order valence-electron chi connectivity index (χ2n) is 2.84. The molecule has 0 fully saturated rings. The summed E-state index contributed by atoms with van der Waals surface area (Å²) in [6.45, 7) is 2.96. The van der Waals surface area contributed by atoms with E-state index in [1.54, 1.807) is 6.92 Å². The van der Waals surface area contributed by atoms with Crippen LogP contribution in [-0.2, 0) is 15.5 Å². The van der Waals surface area contributed by atoms with E-state index >= 15 is 0 Å². The van der Waals surface area contributed by atoms with Crippen LogP contribution in [0, 0.1) is 6.92 Å². The number of hydrogen-bond acceptors (Lipinski definition) is 4. The zero-order valence-corrected chi connectivity index (χ0v) is 8.33. The summed E-state index contributed by atoms with van der Waals surface area (Å²) < 4.78 is 30.8. The standard InChI is InChI=1S/C9H10F2N2O2/c1-3-15-8(14)9(10,11)7-5-12-6(2)4-13-7/h4-5H,3H2,1-2H3. The molecule has 1 aromatic heterocycles. The molecular formula is C9H10F2N2O2. The van der Waals surface area contributed by atoms with Crippen molar-refractivity contribution in [3.63, 3.8) is 0 Å². The Morgan fingerprint density at radius 3 is 2.60 bits per heavy atom. The van der Waals surface area contributed by atoms with Crippen molar-refractivity contribution in [3.8, 4) is 0 Å². The van der Waals surface area contributed by atoms with Gasteiger partial charge in [-0.2, -0.15) is 8.78 Å². The lowest BCUT2D eigenvalue weighted by molar-refractivity contribution is -0.173. The van der Waals surface area contributed by atoms with Gasteiger partial charge < -0.3 is 4.74 Å². The number of aromatic nitrogens is 2. The van der Waals surface area contributed by atoms with Crippen molar-refractivity contribution in [1.29, 1.82) is 0 Å². The quantitative estimate of drug-likeness (QED) is 0.717. The number of ether oxygens (including phenoxy) is 1. The Kier molecular flexibility index (Phi) is 3.28. The monoisotopic (exact) mass is 216 g/mol. The lowest BCUT2D eigenvalue weighted by Gasteiger charge is -2.13. The highest BCUT2D eigenvalue weighted by Crippen LogP contribution is 2.27. The van der Waals surface area contributed by atoms with Gasteiger partial charge in [-0.15, -0.1) is 0 Å². The average molecular weight is 216 g/mol. The van der Waals surface area contributed by atoms with Crippen molar-refractivity contribution in [2.24, 2.45) is 0 Å². The molecule has 0 N–H and O–H groups in total. The van der Waals surface area contributed by atoms with Crippen LogP contribution >= 0.6 is 0 Å². The predicted octanol–water partition coefficient (Wildman–Crippen LogP) is 1.44. The Morgan fingerprint density at radius 2 is 2.13 bits per heavy atom. The predicted molar refractivity (Wildman–Crippen MR) is 47.3 cm³/mol. The van der Waals surface area contributed by atoms with Gasteiger partial charge in [0.1, 0.15) is 5.69 Å². The Hall–Kier alpha value is -1.59. The second kappa shape index (κ2) is 4.29. The Bertz CT molecular complexity index is 352. The van der Waals surface area contributed by atoms with Crippen molar-refractivity contribution in [2.45, 2.75) is 19.8 Å². The molecule has 0 spiro atoms. The van der Waals surface area contributed by atoms with Gasteiger partial charge in [0.15, 0.2) is 0 Å². The largest absolute Gasteiger partial charge is 0.461 e. The minimum Gasteiger partial charge on any atom is -0.461 e. The number of hydrogen-bond donors (Lipinski definition) is 0. The maximum absolute atomic E-state index is 13.3. The van der Waals surface area contributed by atoms with Crippen molar-refractivity contribution >= 4 is 5.97 Å². The third-order valence-electron chi connectivity index (χ3n) is 1.63. The smallest absolute Gasteiger partial charge is 0.385 e. The summed E-state index contributed by atoms with van der Waals surface area (Å²) in [6.07, 6.45) is 2.04. The van der Waals surface area contributed by atoms with E-state index in [2.05, 4.69) is 14.7 Å². The maximum Gasteiger partial charge on any atom is 0.385 e. The van der Waals surface area contributed by atoms with E-state index in [1.807, 2.05) is 0 Å². The fourth-order valence-electron chi connectivity index (χ4n) is 0.881. The first-order valence-electron chi connectivity index (χ1n) is 4.32. The van der Waals surface area contributed by atoms with Crippen LogP contribution in [0.1, 0.15) is 18.3 Å². The summed E-state index contributed by atoms with van der Waals surface area (Å²) in [5.41, 5.74) is -0.204. The van der Waals surface area contributed by atoms with E-state index in [9.17, 15) is 13.6 Å². The van der Waals surface area contributed by atoms with E-state index in [1.165, 1.54) is 13.1 Å². The van der Waals surface area contributed by atoms with E-state index in [-0.39, 0.29) is 6.61 Å². The van der Waals surface area contributed by atoms with Gasteiger partial charge in [0.25, 0.3) is 0 Å². The lowest BCUT2D eigenvalue weighted by atomic mass is 10.2. The molecule has 0 saturated carbocycles. The molecule has 4 nitrogen and oxygen atoms in total. The number of esters is 1. The highest BCUT2D eigenvalue weighted by molar-refractivity contribution is 5.78. The molecule has 0 aliphatic carbocycles. The molecule has 0 saturated heterocycles. The average Bonchev–Trinajstić information content (AvgIpc) is 2.18. The van der Waals surface area contributed by atoms with Crippen LogP contribution in [0.5, 0.6) is 0 Å². The van der Waals surface area contributed by atoms with Crippen LogP contribution in [0.3, 0.4) is 0 Å². The number of halogens is 2. The van der Waals surface area contributed by atoms with Crippen molar-refractivity contribution in [3.05, 3.63) is 23.8 Å². The third-order valence-corrected chi connectivity index (χ3v) is 1.63. The minimum atomic E-state index is -3.74. The summed E-state index contributed by atoms with van der Waals surface area (Å²) in [4.78, 5) is 18.0. The summed E-state index contributed by atoms with van der Waals surface area (Å²) in [6, 6.07) is 0. The lowest BCUT2D eigenvalue weighted by Crippen LogP contribution is -2.29. The molecule has 1 rings (SSSR count). The Balaban J connectivity index is 2.94. The molecule has 0 amide bonds. The van der Waals surface area contributed by atoms with Crippen molar-refractivity contribution < 1.29 is 18.3 Å². The molecule has 1 heterocycles. The summed E-state index contributed by atoms with van der Waals surface area (Å²) in [5.74, 6) is -5.35. The number of nitrogens with zero attached hydrogens (tertiary/aromatic N) is 2. The number of aryl methyl sites for hydroxylation is 1. The zero-order chi connectivity index (χ0) is 11.5. The van der Waals surface area contributed by atoms with E-state index in [4.69, 9.17) is 0 Å². The number of rotatable bonds is 3. The number of carbonyl (C=O) groups is 1. The van der Waals surface area contributed by atoms with Gasteiger partial charge in [-0.25, -0.2) is 4.79 Å². The fraction of sp³-hybridized carbons (Fsp3) is 0.444. The molecular weight excluding hydrogens is 206 g/mol. The summed E-state index contributed by atoms with van der Waals surface area (Å²) in [7, 11) is 0. The SMILES string of the molecule is CCOC(=O)C(F)(F)c1cnc(C)cn1. The van der Waals surface area contributed by atoms with E-state index in [0.29, 0.717) is 5.69 Å². The van der Waals surface area contributed by atoms with Gasteiger partial charge in [-0.3, -0.25) is 9.97 Å². The first-order chi connectivity index (χ1) is 6.98.